The molecule has 1 atom stereocenters. The van der Waals surface area contributed by atoms with Gasteiger partial charge < -0.3 is 14.2 Å². The predicted molar refractivity (Wildman–Crippen MR) is 122 cm³/mol. The van der Waals surface area contributed by atoms with Crippen LogP contribution >= 0.6 is 7.60 Å². The Morgan fingerprint density at radius 3 is 1.31 bits per heavy atom. The Morgan fingerprint density at radius 1 is 0.690 bits per heavy atom. The third kappa shape index (κ3) is 16.0. The zero-order valence-electron chi connectivity index (χ0n) is 19.3. The minimum atomic E-state index is -3.61. The van der Waals surface area contributed by atoms with Crippen LogP contribution in [0.4, 0.5) is 0 Å². The van der Waals surface area contributed by atoms with Gasteiger partial charge in [-0.1, -0.05) is 104 Å². The molecule has 0 heterocycles. The smallest absolute Gasteiger partial charge is 0.344 e. The summed E-state index contributed by atoms with van der Waals surface area (Å²) < 4.78 is 24.0. The van der Waals surface area contributed by atoms with Gasteiger partial charge in [0, 0.05) is 0 Å². The Kier molecular flexibility index (Phi) is 19.3. The molecule has 0 aromatic heterocycles. The van der Waals surface area contributed by atoms with Gasteiger partial charge in [0.1, 0.15) is 0 Å². The van der Waals surface area contributed by atoms with Gasteiger partial charge in [-0.3, -0.25) is 9.36 Å². The molecule has 0 saturated heterocycles. The summed E-state index contributed by atoms with van der Waals surface area (Å²) in [6.45, 7) is 6.46. The first kappa shape index (κ1) is 28.6. The van der Waals surface area contributed by atoms with Crippen molar-refractivity contribution in [1.29, 1.82) is 0 Å². The van der Waals surface area contributed by atoms with Crippen LogP contribution in [0.25, 0.3) is 0 Å². The quantitative estimate of drug-likeness (QED) is 0.138. The summed E-state index contributed by atoms with van der Waals surface area (Å²) in [6, 6.07) is 0. The van der Waals surface area contributed by atoms with Gasteiger partial charge in [0.15, 0.2) is 5.66 Å². The maximum Gasteiger partial charge on any atom is 0.344 e. The van der Waals surface area contributed by atoms with Crippen LogP contribution in [-0.2, 0) is 18.4 Å². The minimum absolute atomic E-state index is 0.307. The largest absolute Gasteiger partial charge is 0.481 e. The fraction of sp³-hybridized carbons (Fsp3) is 0.957. The molecule has 0 amide bonds. The molecule has 0 bridgehead atoms. The molecule has 0 aliphatic carbocycles. The fourth-order valence-corrected chi connectivity index (χ4v) is 4.81. The number of rotatable bonds is 22. The van der Waals surface area contributed by atoms with Gasteiger partial charge in [0.05, 0.1) is 13.2 Å². The predicted octanol–water partition coefficient (Wildman–Crippen LogP) is 7.97. The third-order valence-corrected chi connectivity index (χ3v) is 7.62. The van der Waals surface area contributed by atoms with E-state index in [0.717, 1.165) is 38.5 Å². The Bertz CT molecular complexity index is 401. The van der Waals surface area contributed by atoms with Crippen LogP contribution < -0.4 is 0 Å². The molecular formula is C23H47O5P. The molecule has 0 aromatic rings. The van der Waals surface area contributed by atoms with Crippen molar-refractivity contribution in [2.45, 2.75) is 129 Å². The summed E-state index contributed by atoms with van der Waals surface area (Å²) in [5.41, 5.74) is -1.12. The Balaban J connectivity index is 4.01. The number of carboxylic acid groups (broad SMARTS) is 1. The number of unbranched alkanes of at least 4 members (excludes halogenated alkanes) is 14. The Morgan fingerprint density at radius 2 is 1.00 bits per heavy atom. The average molecular weight is 435 g/mol. The molecular weight excluding hydrogens is 387 g/mol. The van der Waals surface area contributed by atoms with E-state index in [2.05, 4.69) is 13.8 Å². The van der Waals surface area contributed by atoms with E-state index in [9.17, 15) is 14.5 Å². The van der Waals surface area contributed by atoms with E-state index in [0.29, 0.717) is 13.2 Å². The molecule has 1 unspecified atom stereocenters. The number of hydrogen-bond donors (Lipinski definition) is 1. The van der Waals surface area contributed by atoms with Crippen molar-refractivity contribution < 1.29 is 23.5 Å². The van der Waals surface area contributed by atoms with Crippen LogP contribution in [0.2, 0.25) is 0 Å². The minimum Gasteiger partial charge on any atom is -0.481 e. The summed E-state index contributed by atoms with van der Waals surface area (Å²) in [6.07, 6.45) is 18.6. The summed E-state index contributed by atoms with van der Waals surface area (Å²) in [4.78, 5) is 11.3. The molecule has 0 aliphatic rings. The number of carbonyl (C=O) groups is 1. The fourth-order valence-electron chi connectivity index (χ4n) is 3.25. The number of carboxylic acids is 1. The van der Waals surface area contributed by atoms with Crippen LogP contribution in [0, 0.1) is 0 Å². The topological polar surface area (TPSA) is 72.8 Å². The van der Waals surface area contributed by atoms with Gasteiger partial charge in [-0.25, -0.2) is 0 Å². The van der Waals surface area contributed by atoms with Crippen LogP contribution in [0.1, 0.15) is 124 Å². The Hall–Kier alpha value is -0.380. The molecule has 5 nitrogen and oxygen atoms in total. The van der Waals surface area contributed by atoms with E-state index in [1.54, 1.807) is 0 Å². The van der Waals surface area contributed by atoms with Crippen LogP contribution in [0.15, 0.2) is 0 Å². The van der Waals surface area contributed by atoms with Gasteiger partial charge in [0.25, 0.3) is 0 Å². The monoisotopic (exact) mass is 434 g/mol. The second-order valence-electron chi connectivity index (χ2n) is 8.17. The highest BCUT2D eigenvalue weighted by Gasteiger charge is 2.37. The molecule has 174 valence electrons. The lowest BCUT2D eigenvalue weighted by Gasteiger charge is -2.22. The maximum atomic E-state index is 12.9. The lowest BCUT2D eigenvalue weighted by Crippen LogP contribution is -2.20. The van der Waals surface area contributed by atoms with E-state index in [-0.39, 0.29) is 0 Å². The van der Waals surface area contributed by atoms with E-state index in [4.69, 9.17) is 9.05 Å². The first-order valence-electron chi connectivity index (χ1n) is 12.1. The molecule has 0 radical (unpaired) electrons. The molecule has 0 fully saturated rings. The van der Waals surface area contributed by atoms with E-state index < -0.39 is 19.2 Å². The van der Waals surface area contributed by atoms with Gasteiger partial charge in [0.2, 0.25) is 0 Å². The van der Waals surface area contributed by atoms with Crippen LogP contribution in [0.3, 0.4) is 0 Å². The molecule has 29 heavy (non-hydrogen) atoms. The zero-order chi connectivity index (χ0) is 21.8. The molecule has 0 rings (SSSR count). The van der Waals surface area contributed by atoms with Crippen molar-refractivity contribution in [3.8, 4) is 0 Å². The van der Waals surface area contributed by atoms with Crippen LogP contribution in [0.5, 0.6) is 0 Å². The lowest BCUT2D eigenvalue weighted by molar-refractivity contribution is -0.136. The maximum absolute atomic E-state index is 12.9. The van der Waals surface area contributed by atoms with Crippen molar-refractivity contribution >= 4 is 13.6 Å². The molecule has 0 aromatic carbocycles. The Labute approximate surface area is 179 Å². The highest BCUT2D eigenvalue weighted by Crippen LogP contribution is 2.53. The van der Waals surface area contributed by atoms with E-state index in [1.165, 1.54) is 71.1 Å². The molecule has 0 saturated carbocycles. The van der Waals surface area contributed by atoms with Gasteiger partial charge >= 0.3 is 13.6 Å². The average Bonchev–Trinajstić information content (AvgIpc) is 2.70. The van der Waals surface area contributed by atoms with Crippen molar-refractivity contribution in [3.63, 3.8) is 0 Å². The van der Waals surface area contributed by atoms with Gasteiger partial charge in [-0.15, -0.1) is 0 Å². The second-order valence-corrected chi connectivity index (χ2v) is 10.5. The molecule has 6 heteroatoms. The van der Waals surface area contributed by atoms with Gasteiger partial charge in [-0.2, -0.15) is 0 Å². The first-order valence-corrected chi connectivity index (χ1v) is 13.7. The van der Waals surface area contributed by atoms with E-state index in [1.807, 2.05) is 0 Å². The molecule has 0 spiro atoms. The number of aliphatic carboxylic acids is 1. The summed E-state index contributed by atoms with van der Waals surface area (Å²) in [5, 5.41) is 9.27. The zero-order valence-corrected chi connectivity index (χ0v) is 20.2. The second kappa shape index (κ2) is 19.6. The van der Waals surface area contributed by atoms with Crippen molar-refractivity contribution in [2.24, 2.45) is 0 Å². The normalized spacial score (nSPS) is 12.9. The van der Waals surface area contributed by atoms with Gasteiger partial charge in [-0.05, 0) is 19.8 Å². The number of hydrogen-bond acceptors (Lipinski definition) is 4. The first-order chi connectivity index (χ1) is 14.0. The summed E-state index contributed by atoms with van der Waals surface area (Å²) in [5.74, 6) is -1.12. The molecule has 0 aliphatic heterocycles. The summed E-state index contributed by atoms with van der Waals surface area (Å²) >= 11 is 0. The van der Waals surface area contributed by atoms with Crippen LogP contribution in [-0.4, -0.2) is 29.9 Å². The highest BCUT2D eigenvalue weighted by atomic mass is 31.2. The standard InChI is InChI=1S/C23H47O5P/c1-4-6-8-10-12-14-16-18-20-27-29(26,22(3)23(24)25)28-21-19-17-15-13-11-9-7-5-2/h22H,4-21H2,1-3H3,(H,24,25). The SMILES string of the molecule is CCCCCCCCCCOP(=O)(OCCCCCCCCCC)C(C)C(=O)O. The van der Waals surface area contributed by atoms with Crippen molar-refractivity contribution in [3.05, 3.63) is 0 Å². The lowest BCUT2D eigenvalue weighted by atomic mass is 10.1. The highest BCUT2D eigenvalue weighted by molar-refractivity contribution is 7.55. The summed E-state index contributed by atoms with van der Waals surface area (Å²) in [7, 11) is -3.61. The molecule has 1 N–H and O–H groups in total. The van der Waals surface area contributed by atoms with E-state index >= 15 is 0 Å². The van der Waals surface area contributed by atoms with Crippen molar-refractivity contribution in [1.82, 2.24) is 0 Å². The third-order valence-electron chi connectivity index (χ3n) is 5.37. The van der Waals surface area contributed by atoms with Crippen molar-refractivity contribution in [2.75, 3.05) is 13.2 Å².